The van der Waals surface area contributed by atoms with Gasteiger partial charge in [-0.15, -0.1) is 0 Å². The molecule has 0 bridgehead atoms. The van der Waals surface area contributed by atoms with Gasteiger partial charge >= 0.3 is 0 Å². The lowest BCUT2D eigenvalue weighted by Gasteiger charge is -2.37. The van der Waals surface area contributed by atoms with Crippen LogP contribution in [0.2, 0.25) is 0 Å². The van der Waals surface area contributed by atoms with Gasteiger partial charge in [-0.2, -0.15) is 0 Å². The highest BCUT2D eigenvalue weighted by molar-refractivity contribution is 6.14. The molecular formula is C45H29N3. The van der Waals surface area contributed by atoms with Gasteiger partial charge in [0.1, 0.15) is 5.82 Å². The average Bonchev–Trinajstić information content (AvgIpc) is 3.46. The lowest BCUT2D eigenvalue weighted by atomic mass is 9.67. The summed E-state index contributed by atoms with van der Waals surface area (Å²) in [6.07, 6.45) is 5.65. The molecule has 6 aromatic carbocycles. The van der Waals surface area contributed by atoms with Crippen LogP contribution in [0.4, 0.5) is 17.2 Å². The number of fused-ring (bicyclic) bond motifs is 5. The molecule has 224 valence electrons. The van der Waals surface area contributed by atoms with E-state index in [9.17, 15) is 0 Å². The van der Waals surface area contributed by atoms with Crippen molar-refractivity contribution in [3.8, 4) is 33.4 Å². The highest BCUT2D eigenvalue weighted by Crippen LogP contribution is 2.60. The molecular weight excluding hydrogens is 583 g/mol. The summed E-state index contributed by atoms with van der Waals surface area (Å²) in [5, 5.41) is 2.46. The second-order valence-electron chi connectivity index (χ2n) is 12.6. The van der Waals surface area contributed by atoms with E-state index in [1.807, 2.05) is 18.5 Å². The third kappa shape index (κ3) is 3.70. The van der Waals surface area contributed by atoms with Gasteiger partial charge in [-0.05, 0) is 80.7 Å². The van der Waals surface area contributed by atoms with Gasteiger partial charge in [0.25, 0.3) is 0 Å². The van der Waals surface area contributed by atoms with Crippen molar-refractivity contribution in [2.45, 2.75) is 5.41 Å². The largest absolute Gasteiger partial charge is 0.294 e. The first kappa shape index (κ1) is 26.9. The first-order chi connectivity index (χ1) is 23.8. The Morgan fingerprint density at radius 3 is 1.90 bits per heavy atom. The molecule has 1 aliphatic carbocycles. The highest BCUT2D eigenvalue weighted by Gasteiger charge is 2.47. The number of benzene rings is 6. The van der Waals surface area contributed by atoms with Crippen molar-refractivity contribution in [1.29, 1.82) is 0 Å². The molecule has 0 amide bonds. The molecule has 2 aliphatic rings. The van der Waals surface area contributed by atoms with Crippen molar-refractivity contribution in [1.82, 2.24) is 9.97 Å². The van der Waals surface area contributed by atoms with Crippen molar-refractivity contribution in [3.05, 3.63) is 199 Å². The minimum absolute atomic E-state index is 0.490. The van der Waals surface area contributed by atoms with Gasteiger partial charge in [0, 0.05) is 40.7 Å². The monoisotopic (exact) mass is 611 g/mol. The van der Waals surface area contributed by atoms with Crippen molar-refractivity contribution < 1.29 is 0 Å². The van der Waals surface area contributed by atoms with Crippen LogP contribution in [-0.4, -0.2) is 9.97 Å². The molecule has 0 fully saturated rings. The summed E-state index contributed by atoms with van der Waals surface area (Å²) < 4.78 is 0. The van der Waals surface area contributed by atoms with Gasteiger partial charge < -0.3 is 0 Å². The number of hydrogen-bond donors (Lipinski definition) is 0. The van der Waals surface area contributed by atoms with E-state index in [0.29, 0.717) is 0 Å². The minimum Gasteiger partial charge on any atom is -0.294 e. The molecule has 0 radical (unpaired) electrons. The van der Waals surface area contributed by atoms with Crippen LogP contribution < -0.4 is 4.90 Å². The third-order valence-electron chi connectivity index (χ3n) is 10.2. The Bertz CT molecular complexity index is 2440. The molecule has 0 unspecified atom stereocenters. The Morgan fingerprint density at radius 2 is 1.17 bits per heavy atom. The van der Waals surface area contributed by atoms with E-state index in [-0.39, 0.29) is 0 Å². The summed E-state index contributed by atoms with van der Waals surface area (Å²) in [5.74, 6) is 0.881. The molecule has 0 saturated heterocycles. The molecule has 48 heavy (non-hydrogen) atoms. The summed E-state index contributed by atoms with van der Waals surface area (Å²) in [6.45, 7) is 0. The molecule has 3 heteroatoms. The van der Waals surface area contributed by atoms with Gasteiger partial charge in [-0.25, -0.2) is 4.98 Å². The maximum absolute atomic E-state index is 5.12. The maximum atomic E-state index is 5.12. The van der Waals surface area contributed by atoms with E-state index in [1.54, 1.807) is 6.20 Å². The molecule has 0 N–H and O–H groups in total. The predicted molar refractivity (Wildman–Crippen MR) is 196 cm³/mol. The molecule has 1 aliphatic heterocycles. The Labute approximate surface area is 279 Å². The zero-order valence-corrected chi connectivity index (χ0v) is 26.1. The molecule has 0 atom stereocenters. The standard InChI is InChI=1S/C45H29N3/c1-3-15-33(16-4-1)45(34-17-5-2-6-18-34)39-21-8-7-19-35(39)37-26-38-36-20-9-12-30-13-10-22-41(44(30)36)48(42(38)27-40(37)45)43-24-23-32(29-47-43)31-14-11-25-46-28-31/h1-29H. The summed E-state index contributed by atoms with van der Waals surface area (Å²) in [4.78, 5) is 11.8. The van der Waals surface area contributed by atoms with E-state index in [0.717, 1.165) is 28.3 Å². The normalized spacial score (nSPS) is 13.5. The van der Waals surface area contributed by atoms with Crippen molar-refractivity contribution in [3.63, 3.8) is 0 Å². The van der Waals surface area contributed by atoms with Crippen molar-refractivity contribution in [2.24, 2.45) is 0 Å². The number of pyridine rings is 2. The lowest BCUT2D eigenvalue weighted by Crippen LogP contribution is -2.29. The van der Waals surface area contributed by atoms with E-state index in [1.165, 1.54) is 55.3 Å². The lowest BCUT2D eigenvalue weighted by molar-refractivity contribution is 0.768. The van der Waals surface area contributed by atoms with Crippen LogP contribution in [-0.2, 0) is 5.41 Å². The summed E-state index contributed by atoms with van der Waals surface area (Å²) in [6, 6.07) is 57.5. The fourth-order valence-corrected chi connectivity index (χ4v) is 8.21. The first-order valence-electron chi connectivity index (χ1n) is 16.4. The first-order valence-corrected chi connectivity index (χ1v) is 16.4. The summed E-state index contributed by atoms with van der Waals surface area (Å²) in [7, 11) is 0. The second-order valence-corrected chi connectivity index (χ2v) is 12.6. The molecule has 2 aromatic heterocycles. The number of rotatable bonds is 4. The highest BCUT2D eigenvalue weighted by atomic mass is 15.2. The van der Waals surface area contributed by atoms with Crippen LogP contribution in [0.15, 0.2) is 176 Å². The van der Waals surface area contributed by atoms with Crippen LogP contribution in [0.5, 0.6) is 0 Å². The second kappa shape index (κ2) is 10.3. The van der Waals surface area contributed by atoms with E-state index in [4.69, 9.17) is 4.98 Å². The molecule has 8 aromatic rings. The quantitative estimate of drug-likeness (QED) is 0.198. The Balaban J connectivity index is 1.30. The Hall–Kier alpha value is -6.32. The van der Waals surface area contributed by atoms with Gasteiger partial charge in [-0.1, -0.05) is 121 Å². The summed E-state index contributed by atoms with van der Waals surface area (Å²) >= 11 is 0. The van der Waals surface area contributed by atoms with Gasteiger partial charge in [-0.3, -0.25) is 9.88 Å². The minimum atomic E-state index is -0.490. The molecule has 0 spiro atoms. The number of nitrogens with zero attached hydrogens (tertiary/aromatic N) is 3. The molecule has 3 heterocycles. The topological polar surface area (TPSA) is 29.0 Å². The predicted octanol–water partition coefficient (Wildman–Crippen LogP) is 11.1. The van der Waals surface area contributed by atoms with E-state index in [2.05, 4.69) is 162 Å². The fraction of sp³-hybridized carbons (Fsp3) is 0.0222. The molecule has 10 rings (SSSR count). The zero-order valence-electron chi connectivity index (χ0n) is 26.1. The van der Waals surface area contributed by atoms with Crippen molar-refractivity contribution >= 4 is 28.0 Å². The average molecular weight is 612 g/mol. The van der Waals surface area contributed by atoms with E-state index >= 15 is 0 Å². The van der Waals surface area contributed by atoms with Gasteiger partial charge in [0.15, 0.2) is 0 Å². The van der Waals surface area contributed by atoms with Crippen LogP contribution in [0.1, 0.15) is 22.3 Å². The Morgan fingerprint density at radius 1 is 0.458 bits per heavy atom. The maximum Gasteiger partial charge on any atom is 0.137 e. The number of anilines is 3. The number of aromatic nitrogens is 2. The van der Waals surface area contributed by atoms with Crippen LogP contribution in [0.25, 0.3) is 44.2 Å². The third-order valence-corrected chi connectivity index (χ3v) is 10.2. The zero-order chi connectivity index (χ0) is 31.7. The van der Waals surface area contributed by atoms with Gasteiger partial charge in [0.05, 0.1) is 16.8 Å². The SMILES string of the molecule is c1ccc(C2(c3ccccc3)c3ccccc3-c3cc4c(cc32)N(c2ccc(-c3cccnc3)cn2)c2cccc3cccc-4c23)cc1. The molecule has 0 saturated carbocycles. The smallest absolute Gasteiger partial charge is 0.137 e. The fourth-order valence-electron chi connectivity index (χ4n) is 8.21. The van der Waals surface area contributed by atoms with Crippen LogP contribution in [0, 0.1) is 0 Å². The molecule has 3 nitrogen and oxygen atoms in total. The van der Waals surface area contributed by atoms with Crippen molar-refractivity contribution in [2.75, 3.05) is 4.90 Å². The van der Waals surface area contributed by atoms with E-state index < -0.39 is 5.41 Å². The number of hydrogen-bond acceptors (Lipinski definition) is 3. The summed E-state index contributed by atoms with van der Waals surface area (Å²) in [5.41, 5.74) is 14.0. The van der Waals surface area contributed by atoms with Crippen LogP contribution >= 0.6 is 0 Å². The Kier molecular flexibility index (Phi) is 5.79. The van der Waals surface area contributed by atoms with Crippen LogP contribution in [0.3, 0.4) is 0 Å². The van der Waals surface area contributed by atoms with Gasteiger partial charge in [0.2, 0.25) is 0 Å².